The molecule has 0 amide bonds. The van der Waals surface area contributed by atoms with Crippen molar-refractivity contribution < 1.29 is 0 Å². The molecule has 0 aromatic carbocycles. The summed E-state index contributed by atoms with van der Waals surface area (Å²) in [4.78, 5) is 0. The Morgan fingerprint density at radius 2 is 2.33 bits per heavy atom. The first-order valence-corrected chi connectivity index (χ1v) is 4.24. The molecule has 0 unspecified atom stereocenters. The van der Waals surface area contributed by atoms with Crippen molar-refractivity contribution >= 4 is 16.9 Å². The van der Waals surface area contributed by atoms with Crippen LogP contribution < -0.4 is 5.73 Å². The van der Waals surface area contributed by atoms with Gasteiger partial charge in [0, 0.05) is 5.75 Å². The molecule has 0 bridgehead atoms. The van der Waals surface area contributed by atoms with Gasteiger partial charge in [-0.2, -0.15) is 0 Å². The fraction of sp³-hybridized carbons (Fsp3) is 0.833. The first-order chi connectivity index (χ1) is 4.29. The largest absolute Gasteiger partial charge is 0.379 e. The average Bonchev–Trinajstić information content (AvgIpc) is 1.60. The third kappa shape index (κ3) is 2.26. The molecule has 0 heterocycles. The van der Waals surface area contributed by atoms with Crippen molar-refractivity contribution in [3.05, 3.63) is 0 Å². The lowest BCUT2D eigenvalue weighted by atomic mass is 9.87. The van der Waals surface area contributed by atoms with E-state index in [1.165, 1.54) is 31.0 Å². The van der Waals surface area contributed by atoms with Crippen LogP contribution in [0.3, 0.4) is 0 Å². The van der Waals surface area contributed by atoms with Crippen LogP contribution >= 0.6 is 11.8 Å². The van der Waals surface area contributed by atoms with Crippen LogP contribution in [-0.2, 0) is 0 Å². The Morgan fingerprint density at radius 1 is 1.67 bits per heavy atom. The van der Waals surface area contributed by atoms with Crippen LogP contribution in [0.15, 0.2) is 0 Å². The van der Waals surface area contributed by atoms with Crippen molar-refractivity contribution in [1.29, 1.82) is 5.41 Å². The zero-order valence-electron chi connectivity index (χ0n) is 5.39. The van der Waals surface area contributed by atoms with Gasteiger partial charge in [-0.1, -0.05) is 18.2 Å². The number of rotatable bonds is 2. The van der Waals surface area contributed by atoms with Gasteiger partial charge in [0.15, 0.2) is 5.17 Å². The van der Waals surface area contributed by atoms with Gasteiger partial charge in [0.1, 0.15) is 0 Å². The van der Waals surface area contributed by atoms with E-state index in [-0.39, 0.29) is 5.17 Å². The highest BCUT2D eigenvalue weighted by Crippen LogP contribution is 2.29. The van der Waals surface area contributed by atoms with Gasteiger partial charge in [0.05, 0.1) is 0 Å². The van der Waals surface area contributed by atoms with Crippen LogP contribution in [0.2, 0.25) is 0 Å². The zero-order valence-corrected chi connectivity index (χ0v) is 6.21. The van der Waals surface area contributed by atoms with Crippen LogP contribution in [0, 0.1) is 11.3 Å². The molecule has 52 valence electrons. The van der Waals surface area contributed by atoms with Crippen molar-refractivity contribution in [3.63, 3.8) is 0 Å². The van der Waals surface area contributed by atoms with Crippen LogP contribution in [0.1, 0.15) is 19.3 Å². The molecule has 2 nitrogen and oxygen atoms in total. The van der Waals surface area contributed by atoms with E-state index in [1.807, 2.05) is 0 Å². The second kappa shape index (κ2) is 3.11. The monoisotopic (exact) mass is 144 g/mol. The van der Waals surface area contributed by atoms with Gasteiger partial charge in [0.25, 0.3) is 0 Å². The number of amidine groups is 1. The van der Waals surface area contributed by atoms with E-state index in [1.54, 1.807) is 0 Å². The molecule has 1 aliphatic carbocycles. The van der Waals surface area contributed by atoms with E-state index < -0.39 is 0 Å². The molecule has 1 aliphatic rings. The Labute approximate surface area is 59.7 Å². The van der Waals surface area contributed by atoms with Gasteiger partial charge >= 0.3 is 0 Å². The lowest BCUT2D eigenvalue weighted by molar-refractivity contribution is 0.353. The van der Waals surface area contributed by atoms with Gasteiger partial charge < -0.3 is 5.73 Å². The molecule has 0 atom stereocenters. The smallest absolute Gasteiger partial charge is 0.151 e. The molecule has 3 N–H and O–H groups in total. The van der Waals surface area contributed by atoms with Crippen LogP contribution in [0.4, 0.5) is 0 Å². The molecule has 0 aromatic rings. The Bertz CT molecular complexity index is 110. The SMILES string of the molecule is N=C(N)SCC1CCC1. The summed E-state index contributed by atoms with van der Waals surface area (Å²) < 4.78 is 0. The predicted molar refractivity (Wildman–Crippen MR) is 41.7 cm³/mol. The van der Waals surface area contributed by atoms with Crippen LogP contribution in [0.5, 0.6) is 0 Å². The molecule has 9 heavy (non-hydrogen) atoms. The fourth-order valence-corrected chi connectivity index (χ4v) is 1.62. The minimum Gasteiger partial charge on any atom is -0.379 e. The Balaban J connectivity index is 1.97. The molecule has 0 radical (unpaired) electrons. The summed E-state index contributed by atoms with van der Waals surface area (Å²) in [6.07, 6.45) is 4.07. The highest BCUT2D eigenvalue weighted by Gasteiger charge is 2.16. The van der Waals surface area contributed by atoms with Crippen LogP contribution in [0.25, 0.3) is 0 Å². The number of thioether (sulfide) groups is 1. The fourth-order valence-electron chi connectivity index (χ4n) is 0.867. The number of nitrogens with one attached hydrogen (secondary N) is 1. The molecule has 3 heteroatoms. The topological polar surface area (TPSA) is 49.9 Å². The molecule has 1 fully saturated rings. The first-order valence-electron chi connectivity index (χ1n) is 3.26. The van der Waals surface area contributed by atoms with E-state index in [4.69, 9.17) is 11.1 Å². The van der Waals surface area contributed by atoms with E-state index in [0.29, 0.717) is 0 Å². The summed E-state index contributed by atoms with van der Waals surface area (Å²) in [6.45, 7) is 0. The summed E-state index contributed by atoms with van der Waals surface area (Å²) in [5.41, 5.74) is 5.17. The maximum absolute atomic E-state index is 6.93. The van der Waals surface area contributed by atoms with Gasteiger partial charge in [-0.25, -0.2) is 0 Å². The van der Waals surface area contributed by atoms with Crippen molar-refractivity contribution in [3.8, 4) is 0 Å². The molecule has 1 rings (SSSR count). The van der Waals surface area contributed by atoms with Crippen molar-refractivity contribution in [2.75, 3.05) is 5.75 Å². The summed E-state index contributed by atoms with van der Waals surface area (Å²) in [5.74, 6) is 1.92. The molecule has 0 aromatic heterocycles. The minimum atomic E-state index is 0.266. The lowest BCUT2D eigenvalue weighted by Gasteiger charge is -2.24. The molecule has 0 spiro atoms. The molecular formula is C6H12N2S. The van der Waals surface area contributed by atoms with Crippen molar-refractivity contribution in [2.45, 2.75) is 19.3 Å². The zero-order chi connectivity index (χ0) is 6.69. The second-order valence-corrected chi connectivity index (χ2v) is 3.53. The van der Waals surface area contributed by atoms with Crippen molar-refractivity contribution in [2.24, 2.45) is 11.7 Å². The number of nitrogens with two attached hydrogens (primary N) is 1. The summed E-state index contributed by atoms with van der Waals surface area (Å²) in [5, 5.41) is 7.19. The second-order valence-electron chi connectivity index (χ2n) is 2.47. The molecule has 0 saturated heterocycles. The van der Waals surface area contributed by atoms with E-state index in [2.05, 4.69) is 0 Å². The van der Waals surface area contributed by atoms with Crippen LogP contribution in [-0.4, -0.2) is 10.9 Å². The lowest BCUT2D eigenvalue weighted by Crippen LogP contribution is -2.16. The van der Waals surface area contributed by atoms with Gasteiger partial charge in [-0.15, -0.1) is 0 Å². The highest BCUT2D eigenvalue weighted by atomic mass is 32.2. The minimum absolute atomic E-state index is 0.266. The van der Waals surface area contributed by atoms with E-state index >= 15 is 0 Å². The van der Waals surface area contributed by atoms with E-state index in [9.17, 15) is 0 Å². The summed E-state index contributed by atoms with van der Waals surface area (Å²) >= 11 is 1.48. The van der Waals surface area contributed by atoms with Crippen molar-refractivity contribution in [1.82, 2.24) is 0 Å². The maximum Gasteiger partial charge on any atom is 0.151 e. The molecule has 0 aliphatic heterocycles. The van der Waals surface area contributed by atoms with E-state index in [0.717, 1.165) is 11.7 Å². The quantitative estimate of drug-likeness (QED) is 0.455. The summed E-state index contributed by atoms with van der Waals surface area (Å²) in [7, 11) is 0. The summed E-state index contributed by atoms with van der Waals surface area (Å²) in [6, 6.07) is 0. The normalized spacial score (nSPS) is 19.1. The maximum atomic E-state index is 6.93. The predicted octanol–water partition coefficient (Wildman–Crippen LogP) is 1.41. The van der Waals surface area contributed by atoms with Gasteiger partial charge in [-0.3, -0.25) is 5.41 Å². The third-order valence-electron chi connectivity index (χ3n) is 1.70. The Hall–Kier alpha value is -0.180. The average molecular weight is 144 g/mol. The first kappa shape index (κ1) is 6.93. The standard InChI is InChI=1S/C6H12N2S/c7-6(8)9-4-5-2-1-3-5/h5H,1-4H2,(H3,7,8). The number of hydrogen-bond acceptors (Lipinski definition) is 2. The molecule has 1 saturated carbocycles. The van der Waals surface area contributed by atoms with Gasteiger partial charge in [0.2, 0.25) is 0 Å². The Kier molecular flexibility index (Phi) is 2.39. The number of hydrogen-bond donors (Lipinski definition) is 2. The van der Waals surface area contributed by atoms with Gasteiger partial charge in [-0.05, 0) is 18.8 Å². The molecular weight excluding hydrogens is 132 g/mol. The third-order valence-corrected chi connectivity index (χ3v) is 2.65. The Morgan fingerprint density at radius 3 is 2.67 bits per heavy atom. The highest BCUT2D eigenvalue weighted by molar-refractivity contribution is 8.13.